The lowest BCUT2D eigenvalue weighted by Crippen LogP contribution is -2.30. The minimum Gasteiger partial charge on any atom is -0.462 e. The molecule has 0 aromatic rings. The quantitative estimate of drug-likeness (QED) is 0.0200. The average Bonchev–Trinajstić information content (AvgIpc) is 3.30. The molecule has 1 unspecified atom stereocenters. The van der Waals surface area contributed by atoms with Gasteiger partial charge >= 0.3 is 17.9 Å². The van der Waals surface area contributed by atoms with Crippen LogP contribution in [-0.4, -0.2) is 37.2 Å². The summed E-state index contributed by atoms with van der Waals surface area (Å²) < 4.78 is 16.6. The van der Waals surface area contributed by atoms with E-state index < -0.39 is 12.1 Å². The van der Waals surface area contributed by atoms with Gasteiger partial charge in [-0.25, -0.2) is 0 Å². The molecule has 0 aliphatic rings. The lowest BCUT2D eigenvalue weighted by Gasteiger charge is -2.18. The van der Waals surface area contributed by atoms with Gasteiger partial charge in [0.1, 0.15) is 13.2 Å². The van der Waals surface area contributed by atoms with E-state index in [1.54, 1.807) is 0 Å². The van der Waals surface area contributed by atoms with Crippen LogP contribution in [0.2, 0.25) is 0 Å². The molecule has 0 saturated heterocycles. The number of esters is 3. The van der Waals surface area contributed by atoms with Gasteiger partial charge in [0.15, 0.2) is 6.10 Å². The Balaban J connectivity index is 4.67. The minimum atomic E-state index is -0.853. The maximum atomic E-state index is 12.8. The molecule has 0 heterocycles. The van der Waals surface area contributed by atoms with E-state index >= 15 is 0 Å². The number of carbonyl (C=O) groups is 3. The number of carbonyl (C=O) groups excluding carboxylic acids is 3. The van der Waals surface area contributed by atoms with E-state index in [4.69, 9.17) is 14.2 Å². The first kappa shape index (κ1) is 60.0. The normalized spacial score (nSPS) is 13.5. The second-order valence-electron chi connectivity index (χ2n) is 15.7. The summed E-state index contributed by atoms with van der Waals surface area (Å²) in [5, 5.41) is 0. The Morgan fingerprint density at radius 2 is 0.692 bits per heavy atom. The summed E-state index contributed by atoms with van der Waals surface area (Å²) in [6, 6.07) is 0. The molecule has 0 spiro atoms. The maximum Gasteiger partial charge on any atom is 0.306 e. The van der Waals surface area contributed by atoms with Gasteiger partial charge in [0.25, 0.3) is 0 Å². The molecule has 1 atom stereocenters. The Morgan fingerprint density at radius 1 is 0.338 bits per heavy atom. The molecule has 360 valence electrons. The third-order valence-electron chi connectivity index (χ3n) is 9.59. The Labute approximate surface area is 397 Å². The third-order valence-corrected chi connectivity index (χ3v) is 9.59. The van der Waals surface area contributed by atoms with Gasteiger partial charge in [0.05, 0.1) is 0 Å². The number of ether oxygens (including phenoxy) is 3. The van der Waals surface area contributed by atoms with Gasteiger partial charge in [0, 0.05) is 19.3 Å². The molecular weight excluding hydrogens is 805 g/mol. The monoisotopic (exact) mass is 893 g/mol. The Bertz CT molecular complexity index is 1540. The number of rotatable bonds is 42. The van der Waals surface area contributed by atoms with E-state index in [-0.39, 0.29) is 44.4 Å². The van der Waals surface area contributed by atoms with Gasteiger partial charge in [-0.3, -0.25) is 14.4 Å². The largest absolute Gasteiger partial charge is 0.462 e. The Morgan fingerprint density at radius 3 is 1.15 bits per heavy atom. The van der Waals surface area contributed by atoms with Crippen LogP contribution in [0.15, 0.2) is 158 Å². The van der Waals surface area contributed by atoms with Crippen molar-refractivity contribution in [2.24, 2.45) is 0 Å². The highest BCUT2D eigenvalue weighted by Crippen LogP contribution is 2.09. The van der Waals surface area contributed by atoms with Gasteiger partial charge < -0.3 is 14.2 Å². The zero-order valence-electron chi connectivity index (χ0n) is 40.9. The molecule has 0 N–H and O–H groups in total. The molecule has 0 aliphatic heterocycles. The van der Waals surface area contributed by atoms with Gasteiger partial charge in [-0.15, -0.1) is 0 Å². The summed E-state index contributed by atoms with van der Waals surface area (Å²) in [6.07, 6.45) is 75.2. The summed E-state index contributed by atoms with van der Waals surface area (Å²) in [5.74, 6) is -1.11. The van der Waals surface area contributed by atoms with Crippen molar-refractivity contribution in [2.45, 2.75) is 181 Å². The Hall–Kier alpha value is -4.97. The molecule has 6 heteroatoms. The highest BCUT2D eigenvalue weighted by Gasteiger charge is 2.19. The second-order valence-corrected chi connectivity index (χ2v) is 15.7. The zero-order chi connectivity index (χ0) is 47.2. The van der Waals surface area contributed by atoms with Crippen LogP contribution in [0.1, 0.15) is 175 Å². The van der Waals surface area contributed by atoms with Crippen LogP contribution in [0, 0.1) is 0 Å². The van der Waals surface area contributed by atoms with Gasteiger partial charge in [-0.1, -0.05) is 198 Å². The van der Waals surface area contributed by atoms with Crippen LogP contribution >= 0.6 is 0 Å². The number of hydrogen-bond donors (Lipinski definition) is 0. The van der Waals surface area contributed by atoms with E-state index in [2.05, 4.69) is 142 Å². The molecule has 0 aliphatic carbocycles. The van der Waals surface area contributed by atoms with Crippen molar-refractivity contribution in [3.8, 4) is 0 Å². The standard InChI is InChI=1S/C59H88O6/c1-4-7-10-13-16-19-22-25-27-29-31-34-37-40-43-46-49-52-58(61)64-55-56(54-63-57(60)51-48-45-42-39-36-33-24-21-18-15-12-9-6-3)65-59(62)53-50-47-44-41-38-35-32-30-28-26-23-20-17-14-11-8-5-2/h7,9-10,12,15-21,24-28,31-36,40-41,43-44,56H,4-6,8,11,13-14,22-23,29-30,37-39,42,45-55H2,1-3H3/b10-7+,12-9+,18-15+,19-16+,20-17+,24-21+,27-25+,28-26+,34-31+,35-32+,36-33+,43-40+,44-41+. The van der Waals surface area contributed by atoms with Crippen molar-refractivity contribution < 1.29 is 28.6 Å². The van der Waals surface area contributed by atoms with Gasteiger partial charge in [-0.2, -0.15) is 0 Å². The molecule has 65 heavy (non-hydrogen) atoms. The van der Waals surface area contributed by atoms with E-state index in [1.807, 2.05) is 36.5 Å². The first-order chi connectivity index (χ1) is 32.0. The average molecular weight is 893 g/mol. The topological polar surface area (TPSA) is 78.9 Å². The zero-order valence-corrected chi connectivity index (χ0v) is 40.9. The smallest absolute Gasteiger partial charge is 0.306 e. The number of allylic oxidation sites excluding steroid dienone is 26. The summed E-state index contributed by atoms with van der Waals surface area (Å²) in [5.41, 5.74) is 0. The van der Waals surface area contributed by atoms with Crippen molar-refractivity contribution in [3.05, 3.63) is 158 Å². The number of hydrogen-bond acceptors (Lipinski definition) is 6. The summed E-state index contributed by atoms with van der Waals surface area (Å²) in [6.45, 7) is 6.18. The maximum absolute atomic E-state index is 12.8. The van der Waals surface area contributed by atoms with E-state index in [0.29, 0.717) is 19.3 Å². The van der Waals surface area contributed by atoms with Crippen LogP contribution in [0.5, 0.6) is 0 Å². The summed E-state index contributed by atoms with van der Waals surface area (Å²) in [4.78, 5) is 37.9. The molecule has 6 nitrogen and oxygen atoms in total. The molecule has 0 fully saturated rings. The van der Waals surface area contributed by atoms with Crippen LogP contribution in [0.4, 0.5) is 0 Å². The van der Waals surface area contributed by atoms with Crippen LogP contribution in [0.3, 0.4) is 0 Å². The second kappa shape index (κ2) is 51.7. The fraction of sp³-hybridized carbons (Fsp3) is 0.508. The first-order valence-corrected chi connectivity index (χ1v) is 25.0. The fourth-order valence-corrected chi connectivity index (χ4v) is 5.89. The van der Waals surface area contributed by atoms with Crippen LogP contribution in [0.25, 0.3) is 0 Å². The van der Waals surface area contributed by atoms with Crippen molar-refractivity contribution in [1.29, 1.82) is 0 Å². The molecule has 0 radical (unpaired) electrons. The van der Waals surface area contributed by atoms with Crippen LogP contribution in [-0.2, 0) is 28.6 Å². The molecule has 0 bridgehead atoms. The molecule has 0 aromatic heterocycles. The van der Waals surface area contributed by atoms with Crippen molar-refractivity contribution in [1.82, 2.24) is 0 Å². The third kappa shape index (κ3) is 49.9. The van der Waals surface area contributed by atoms with Gasteiger partial charge in [0.2, 0.25) is 0 Å². The summed E-state index contributed by atoms with van der Waals surface area (Å²) in [7, 11) is 0. The van der Waals surface area contributed by atoms with E-state index in [0.717, 1.165) is 89.9 Å². The van der Waals surface area contributed by atoms with Crippen molar-refractivity contribution in [3.63, 3.8) is 0 Å². The lowest BCUT2D eigenvalue weighted by atomic mass is 10.1. The van der Waals surface area contributed by atoms with Crippen LogP contribution < -0.4 is 0 Å². The molecule has 0 aromatic carbocycles. The van der Waals surface area contributed by atoms with Crippen molar-refractivity contribution >= 4 is 17.9 Å². The number of unbranched alkanes of at least 4 members (excludes halogenated alkanes) is 8. The van der Waals surface area contributed by atoms with Crippen molar-refractivity contribution in [2.75, 3.05) is 13.2 Å². The van der Waals surface area contributed by atoms with Gasteiger partial charge in [-0.05, 0) is 116 Å². The molecular formula is C59H88O6. The van der Waals surface area contributed by atoms with E-state index in [1.165, 1.54) is 25.7 Å². The highest BCUT2D eigenvalue weighted by atomic mass is 16.6. The first-order valence-electron chi connectivity index (χ1n) is 25.0. The SMILES string of the molecule is CC/C=C/C=C/C=C/C=C/CCCCCC(=O)OCC(COC(=O)CCC/C=C/C/C=C/C/C=C/C/C=C/C/C=C/CC)OC(=O)CCC/C=C/C/C=C/C/C=C/C/C=C/CCCCC. The molecule has 0 amide bonds. The van der Waals surface area contributed by atoms with E-state index in [9.17, 15) is 14.4 Å². The fourth-order valence-electron chi connectivity index (χ4n) is 5.89. The predicted molar refractivity (Wildman–Crippen MR) is 278 cm³/mol. The summed E-state index contributed by atoms with van der Waals surface area (Å²) >= 11 is 0. The molecule has 0 rings (SSSR count). The predicted octanol–water partition coefficient (Wildman–Crippen LogP) is 16.6. The highest BCUT2D eigenvalue weighted by molar-refractivity contribution is 5.71. The molecule has 0 saturated carbocycles. The minimum absolute atomic E-state index is 0.146. The lowest BCUT2D eigenvalue weighted by molar-refractivity contribution is -0.167. The Kier molecular flexibility index (Phi) is 47.7.